The number of benzene rings is 2. The summed E-state index contributed by atoms with van der Waals surface area (Å²) in [5, 5.41) is 0.808. The van der Waals surface area contributed by atoms with Crippen LogP contribution in [-0.2, 0) is 4.74 Å². The van der Waals surface area contributed by atoms with Gasteiger partial charge in [0.25, 0.3) is 0 Å². The molecule has 152 valence electrons. The van der Waals surface area contributed by atoms with Gasteiger partial charge >= 0.3 is 5.97 Å². The number of carbonyl (C=O) groups excluding carboxylic acids is 1. The Kier molecular flexibility index (Phi) is 5.55. The van der Waals surface area contributed by atoms with E-state index in [1.54, 1.807) is 0 Å². The molecule has 0 aliphatic heterocycles. The standard InChI is InChI=1S/C25H24N2O2S/c1-4-13-29-25(28)23-22(26)21-19(17-9-5-15(2)6-10-17)14-20(27-24(21)30-23)18-11-7-16(3)8-12-18/h5-12,14H,4,13,26H2,1-3H3. The Morgan fingerprint density at radius 3 is 2.20 bits per heavy atom. The van der Waals surface area contributed by atoms with E-state index in [4.69, 9.17) is 15.5 Å². The predicted octanol–water partition coefficient (Wildman–Crippen LogP) is 6.40. The number of carbonyl (C=O) groups is 1. The summed E-state index contributed by atoms with van der Waals surface area (Å²) in [5.74, 6) is -0.385. The molecule has 4 aromatic rings. The SMILES string of the molecule is CCCOC(=O)c1sc2nc(-c3ccc(C)cc3)cc(-c3ccc(C)cc3)c2c1N. The fourth-order valence-electron chi connectivity index (χ4n) is 3.37. The van der Waals surface area contributed by atoms with E-state index in [-0.39, 0.29) is 5.97 Å². The molecule has 4 rings (SSSR count). The molecule has 0 unspecified atom stereocenters. The highest BCUT2D eigenvalue weighted by molar-refractivity contribution is 7.21. The topological polar surface area (TPSA) is 65.2 Å². The van der Waals surface area contributed by atoms with Crippen molar-refractivity contribution in [2.75, 3.05) is 12.3 Å². The largest absolute Gasteiger partial charge is 0.461 e. The number of thiophene rings is 1. The summed E-state index contributed by atoms with van der Waals surface area (Å²) in [6.07, 6.45) is 0.765. The molecular formula is C25H24N2O2S. The van der Waals surface area contributed by atoms with Crippen molar-refractivity contribution in [2.24, 2.45) is 0 Å². The zero-order valence-electron chi connectivity index (χ0n) is 17.4. The second-order valence-electron chi connectivity index (χ2n) is 7.45. The van der Waals surface area contributed by atoms with Gasteiger partial charge < -0.3 is 10.5 Å². The second kappa shape index (κ2) is 8.28. The van der Waals surface area contributed by atoms with E-state index in [1.165, 1.54) is 22.5 Å². The van der Waals surface area contributed by atoms with Crippen molar-refractivity contribution < 1.29 is 9.53 Å². The van der Waals surface area contributed by atoms with Gasteiger partial charge in [-0.2, -0.15) is 0 Å². The van der Waals surface area contributed by atoms with Crippen molar-refractivity contribution in [3.8, 4) is 22.4 Å². The van der Waals surface area contributed by atoms with E-state index in [9.17, 15) is 4.79 Å². The van der Waals surface area contributed by atoms with Crippen LogP contribution in [0.2, 0.25) is 0 Å². The molecule has 5 heteroatoms. The number of hydrogen-bond acceptors (Lipinski definition) is 5. The van der Waals surface area contributed by atoms with Crippen molar-refractivity contribution in [2.45, 2.75) is 27.2 Å². The van der Waals surface area contributed by atoms with Crippen LogP contribution in [0, 0.1) is 13.8 Å². The number of nitrogens with two attached hydrogens (primary N) is 1. The van der Waals surface area contributed by atoms with Crippen molar-refractivity contribution in [3.63, 3.8) is 0 Å². The van der Waals surface area contributed by atoms with Crippen LogP contribution in [0.1, 0.15) is 34.1 Å². The van der Waals surface area contributed by atoms with Crippen LogP contribution in [0.5, 0.6) is 0 Å². The predicted molar refractivity (Wildman–Crippen MR) is 125 cm³/mol. The first kappa shape index (κ1) is 20.1. The highest BCUT2D eigenvalue weighted by Gasteiger charge is 2.22. The first-order valence-corrected chi connectivity index (χ1v) is 10.8. The molecular weight excluding hydrogens is 392 g/mol. The summed E-state index contributed by atoms with van der Waals surface area (Å²) in [6, 6.07) is 18.6. The van der Waals surface area contributed by atoms with Crippen molar-refractivity contribution >= 4 is 33.2 Å². The maximum atomic E-state index is 12.6. The Labute approximate surface area is 180 Å². The first-order chi connectivity index (χ1) is 14.5. The molecule has 0 radical (unpaired) electrons. The van der Waals surface area contributed by atoms with Gasteiger partial charge in [0.1, 0.15) is 9.71 Å². The quantitative estimate of drug-likeness (QED) is 0.383. The number of ether oxygens (including phenoxy) is 1. The zero-order chi connectivity index (χ0) is 21.3. The highest BCUT2D eigenvalue weighted by atomic mass is 32.1. The average Bonchev–Trinajstić information content (AvgIpc) is 3.09. The van der Waals surface area contributed by atoms with Crippen LogP contribution >= 0.6 is 11.3 Å². The number of nitrogens with zero attached hydrogens (tertiary/aromatic N) is 1. The van der Waals surface area contributed by atoms with Crippen molar-refractivity contribution in [1.29, 1.82) is 0 Å². The Balaban J connectivity index is 1.94. The minimum Gasteiger partial charge on any atom is -0.461 e. The van der Waals surface area contributed by atoms with Gasteiger partial charge in [-0.05, 0) is 37.5 Å². The summed E-state index contributed by atoms with van der Waals surface area (Å²) in [7, 11) is 0. The van der Waals surface area contributed by atoms with Crippen LogP contribution in [0.25, 0.3) is 32.6 Å². The summed E-state index contributed by atoms with van der Waals surface area (Å²) < 4.78 is 5.34. The van der Waals surface area contributed by atoms with E-state index in [1.807, 2.05) is 6.92 Å². The van der Waals surface area contributed by atoms with E-state index in [0.717, 1.165) is 39.0 Å². The number of pyridine rings is 1. The molecule has 0 saturated carbocycles. The smallest absolute Gasteiger partial charge is 0.350 e. The van der Waals surface area contributed by atoms with E-state index < -0.39 is 0 Å². The fraction of sp³-hybridized carbons (Fsp3) is 0.200. The molecule has 0 spiro atoms. The van der Waals surface area contributed by atoms with Crippen LogP contribution in [0.4, 0.5) is 5.69 Å². The van der Waals surface area contributed by atoms with Gasteiger partial charge in [-0.25, -0.2) is 9.78 Å². The van der Waals surface area contributed by atoms with Crippen LogP contribution in [0.15, 0.2) is 54.6 Å². The number of rotatable bonds is 5. The minimum atomic E-state index is -0.385. The number of esters is 1. The van der Waals surface area contributed by atoms with Gasteiger partial charge in [0.2, 0.25) is 0 Å². The fourth-order valence-corrected chi connectivity index (χ4v) is 4.38. The minimum absolute atomic E-state index is 0.374. The monoisotopic (exact) mass is 416 g/mol. The average molecular weight is 417 g/mol. The van der Waals surface area contributed by atoms with E-state index in [0.29, 0.717) is 17.2 Å². The maximum Gasteiger partial charge on any atom is 0.350 e. The summed E-state index contributed by atoms with van der Waals surface area (Å²) in [5.41, 5.74) is 13.2. The lowest BCUT2D eigenvalue weighted by atomic mass is 9.98. The number of hydrogen-bond donors (Lipinski definition) is 1. The molecule has 0 saturated heterocycles. The number of anilines is 1. The molecule has 0 bridgehead atoms. The molecule has 2 aromatic heterocycles. The number of aryl methyl sites for hydroxylation is 2. The van der Waals surface area contributed by atoms with Crippen molar-refractivity contribution in [3.05, 3.63) is 70.6 Å². The third-order valence-electron chi connectivity index (χ3n) is 5.03. The maximum absolute atomic E-state index is 12.6. The third-order valence-corrected chi connectivity index (χ3v) is 6.11. The van der Waals surface area contributed by atoms with Crippen molar-refractivity contribution in [1.82, 2.24) is 4.98 Å². The molecule has 2 aromatic carbocycles. The molecule has 0 atom stereocenters. The molecule has 0 fully saturated rings. The third kappa shape index (κ3) is 3.81. The zero-order valence-corrected chi connectivity index (χ0v) is 18.2. The molecule has 2 N–H and O–H groups in total. The van der Waals surface area contributed by atoms with Gasteiger partial charge in [-0.1, -0.05) is 66.6 Å². The van der Waals surface area contributed by atoms with Gasteiger partial charge in [0, 0.05) is 10.9 Å². The van der Waals surface area contributed by atoms with Gasteiger partial charge in [0.05, 0.1) is 18.0 Å². The molecule has 30 heavy (non-hydrogen) atoms. The van der Waals surface area contributed by atoms with Gasteiger partial charge in [0.15, 0.2) is 0 Å². The van der Waals surface area contributed by atoms with Crippen LogP contribution < -0.4 is 5.73 Å². The lowest BCUT2D eigenvalue weighted by Crippen LogP contribution is -2.06. The second-order valence-corrected chi connectivity index (χ2v) is 8.45. The summed E-state index contributed by atoms with van der Waals surface area (Å²) in [4.78, 5) is 18.6. The highest BCUT2D eigenvalue weighted by Crippen LogP contribution is 2.41. The molecule has 2 heterocycles. The Morgan fingerprint density at radius 2 is 1.60 bits per heavy atom. The number of fused-ring (bicyclic) bond motifs is 1. The number of aromatic nitrogens is 1. The van der Waals surface area contributed by atoms with Gasteiger partial charge in [-0.15, -0.1) is 11.3 Å². The Bertz CT molecular complexity index is 1210. The summed E-state index contributed by atoms with van der Waals surface area (Å²) in [6.45, 7) is 6.46. The molecule has 4 nitrogen and oxygen atoms in total. The molecule has 0 aliphatic rings. The van der Waals surface area contributed by atoms with E-state index >= 15 is 0 Å². The lowest BCUT2D eigenvalue weighted by molar-refractivity contribution is 0.0512. The lowest BCUT2D eigenvalue weighted by Gasteiger charge is -2.09. The summed E-state index contributed by atoms with van der Waals surface area (Å²) >= 11 is 1.30. The van der Waals surface area contributed by atoms with Crippen LogP contribution in [0.3, 0.4) is 0 Å². The normalized spacial score (nSPS) is 11.0. The van der Waals surface area contributed by atoms with Crippen LogP contribution in [-0.4, -0.2) is 17.6 Å². The number of nitrogen functional groups attached to an aromatic ring is 1. The van der Waals surface area contributed by atoms with Gasteiger partial charge in [-0.3, -0.25) is 0 Å². The molecule has 0 amide bonds. The Morgan fingerprint density at radius 1 is 1.00 bits per heavy atom. The van der Waals surface area contributed by atoms with E-state index in [2.05, 4.69) is 68.4 Å². The first-order valence-electron chi connectivity index (χ1n) is 10.0. The Hall–Kier alpha value is -3.18. The molecule has 0 aliphatic carbocycles.